The van der Waals surface area contributed by atoms with Crippen LogP contribution >= 0.6 is 15.9 Å². The van der Waals surface area contributed by atoms with Gasteiger partial charge in [0, 0.05) is 4.47 Å². The zero-order valence-electron chi connectivity index (χ0n) is 8.41. The largest absolute Gasteiger partial charge is 0.493 e. The highest BCUT2D eigenvalue weighted by Gasteiger charge is 2.20. The molecular weight excluding hydrogens is 256 g/mol. The van der Waals surface area contributed by atoms with Crippen molar-refractivity contribution in [1.29, 1.82) is 0 Å². The Labute approximate surface area is 97.8 Å². The molecule has 0 atom stereocenters. The molecule has 1 aromatic carbocycles. The van der Waals surface area contributed by atoms with Gasteiger partial charge in [-0.3, -0.25) is 4.79 Å². The number of ether oxygens (including phenoxy) is 1. The smallest absolute Gasteiger partial charge is 0.153 e. The molecule has 1 fully saturated rings. The maximum absolute atomic E-state index is 10.8. The summed E-state index contributed by atoms with van der Waals surface area (Å²) >= 11 is 3.32. The van der Waals surface area contributed by atoms with Crippen molar-refractivity contribution in [1.82, 2.24) is 0 Å². The summed E-state index contributed by atoms with van der Waals surface area (Å²) in [6, 6.07) is 5.50. The van der Waals surface area contributed by atoms with Gasteiger partial charge in [-0.05, 0) is 30.5 Å². The lowest BCUT2D eigenvalue weighted by Crippen LogP contribution is -2.00. The summed E-state index contributed by atoms with van der Waals surface area (Å²) in [7, 11) is 0. The summed E-state index contributed by atoms with van der Waals surface area (Å²) in [6.07, 6.45) is 4.61. The second-order valence-electron chi connectivity index (χ2n) is 3.88. The quantitative estimate of drug-likeness (QED) is 0.765. The predicted octanol–water partition coefficient (Wildman–Crippen LogP) is 3.44. The SMILES string of the molecule is O=Cc1cc(Br)ccc1OCCC1CC1. The van der Waals surface area contributed by atoms with E-state index >= 15 is 0 Å². The summed E-state index contributed by atoms with van der Waals surface area (Å²) in [5, 5.41) is 0. The van der Waals surface area contributed by atoms with Gasteiger partial charge in [-0.15, -0.1) is 0 Å². The van der Waals surface area contributed by atoms with E-state index < -0.39 is 0 Å². The number of benzene rings is 1. The molecule has 0 unspecified atom stereocenters. The summed E-state index contributed by atoms with van der Waals surface area (Å²) < 4.78 is 6.48. The minimum absolute atomic E-state index is 0.611. The number of aldehydes is 1. The lowest BCUT2D eigenvalue weighted by Gasteiger charge is -2.07. The van der Waals surface area contributed by atoms with Gasteiger partial charge in [-0.1, -0.05) is 28.8 Å². The first-order valence-electron chi connectivity index (χ1n) is 5.17. The molecule has 3 heteroatoms. The van der Waals surface area contributed by atoms with Crippen LogP contribution in [-0.2, 0) is 0 Å². The molecule has 1 aliphatic rings. The molecule has 0 aromatic heterocycles. The molecule has 1 saturated carbocycles. The molecule has 15 heavy (non-hydrogen) atoms. The maximum Gasteiger partial charge on any atom is 0.153 e. The van der Waals surface area contributed by atoms with Gasteiger partial charge in [0.1, 0.15) is 5.75 Å². The highest BCUT2D eigenvalue weighted by molar-refractivity contribution is 9.10. The number of halogens is 1. The van der Waals surface area contributed by atoms with Gasteiger partial charge in [0.25, 0.3) is 0 Å². The standard InChI is InChI=1S/C12H13BrO2/c13-11-3-4-12(10(7-11)8-14)15-6-5-9-1-2-9/h3-4,7-9H,1-2,5-6H2. The number of carbonyl (C=O) groups excluding carboxylic acids is 1. The lowest BCUT2D eigenvalue weighted by molar-refractivity contribution is 0.111. The molecule has 0 aliphatic heterocycles. The minimum atomic E-state index is 0.611. The van der Waals surface area contributed by atoms with Crippen LogP contribution < -0.4 is 4.74 Å². The molecule has 0 heterocycles. The number of rotatable bonds is 5. The van der Waals surface area contributed by atoms with Crippen LogP contribution in [-0.4, -0.2) is 12.9 Å². The fourth-order valence-corrected chi connectivity index (χ4v) is 1.86. The molecule has 0 saturated heterocycles. The van der Waals surface area contributed by atoms with Crippen LogP contribution in [0.1, 0.15) is 29.6 Å². The Morgan fingerprint density at radius 1 is 1.47 bits per heavy atom. The predicted molar refractivity (Wildman–Crippen MR) is 62.4 cm³/mol. The van der Waals surface area contributed by atoms with E-state index in [-0.39, 0.29) is 0 Å². The summed E-state index contributed by atoms with van der Waals surface area (Å²) in [5.74, 6) is 1.55. The molecule has 2 nitrogen and oxygen atoms in total. The maximum atomic E-state index is 10.8. The zero-order chi connectivity index (χ0) is 10.7. The van der Waals surface area contributed by atoms with Gasteiger partial charge in [0.15, 0.2) is 6.29 Å². The molecular formula is C12H13BrO2. The van der Waals surface area contributed by atoms with Crippen molar-refractivity contribution < 1.29 is 9.53 Å². The first-order valence-corrected chi connectivity index (χ1v) is 5.96. The Hall–Kier alpha value is -0.830. The van der Waals surface area contributed by atoms with Gasteiger partial charge < -0.3 is 4.74 Å². The highest BCUT2D eigenvalue weighted by atomic mass is 79.9. The van der Waals surface area contributed by atoms with Crippen LogP contribution in [0.4, 0.5) is 0 Å². The molecule has 80 valence electrons. The van der Waals surface area contributed by atoms with E-state index in [9.17, 15) is 4.79 Å². The fourth-order valence-electron chi connectivity index (χ4n) is 1.48. The third-order valence-electron chi connectivity index (χ3n) is 2.58. The van der Waals surface area contributed by atoms with Crippen LogP contribution in [0, 0.1) is 5.92 Å². The monoisotopic (exact) mass is 268 g/mol. The van der Waals surface area contributed by atoms with Crippen LogP contribution in [0.2, 0.25) is 0 Å². The van der Waals surface area contributed by atoms with Crippen molar-refractivity contribution in [3.05, 3.63) is 28.2 Å². The Morgan fingerprint density at radius 2 is 2.27 bits per heavy atom. The van der Waals surface area contributed by atoms with Crippen molar-refractivity contribution in [3.63, 3.8) is 0 Å². The summed E-state index contributed by atoms with van der Waals surface area (Å²) in [6.45, 7) is 0.715. The zero-order valence-corrected chi connectivity index (χ0v) is 10.00. The van der Waals surface area contributed by atoms with Crippen LogP contribution in [0.5, 0.6) is 5.75 Å². The average molecular weight is 269 g/mol. The van der Waals surface area contributed by atoms with E-state index in [1.807, 2.05) is 12.1 Å². The Bertz CT molecular complexity index is 359. The molecule has 1 aliphatic carbocycles. The van der Waals surface area contributed by atoms with Crippen molar-refractivity contribution in [2.45, 2.75) is 19.3 Å². The summed E-state index contributed by atoms with van der Waals surface area (Å²) in [5.41, 5.74) is 0.611. The van der Waals surface area contributed by atoms with Gasteiger partial charge >= 0.3 is 0 Å². The van der Waals surface area contributed by atoms with E-state index in [1.165, 1.54) is 12.8 Å². The molecule has 1 aromatic rings. The van der Waals surface area contributed by atoms with E-state index in [0.717, 1.165) is 23.1 Å². The molecule has 2 rings (SSSR count). The van der Waals surface area contributed by atoms with E-state index in [2.05, 4.69) is 15.9 Å². The van der Waals surface area contributed by atoms with Crippen LogP contribution in [0.15, 0.2) is 22.7 Å². The second-order valence-corrected chi connectivity index (χ2v) is 4.80. The number of hydrogen-bond donors (Lipinski definition) is 0. The number of hydrogen-bond acceptors (Lipinski definition) is 2. The van der Waals surface area contributed by atoms with Gasteiger partial charge in [0.2, 0.25) is 0 Å². The third kappa shape index (κ3) is 3.06. The Balaban J connectivity index is 1.95. The first-order chi connectivity index (χ1) is 7.29. The molecule has 0 N–H and O–H groups in total. The number of carbonyl (C=O) groups is 1. The second kappa shape index (κ2) is 4.79. The summed E-state index contributed by atoms with van der Waals surface area (Å²) in [4.78, 5) is 10.8. The fraction of sp³-hybridized carbons (Fsp3) is 0.417. The topological polar surface area (TPSA) is 26.3 Å². The lowest BCUT2D eigenvalue weighted by atomic mass is 10.2. The van der Waals surface area contributed by atoms with Crippen molar-refractivity contribution in [3.8, 4) is 5.75 Å². The van der Waals surface area contributed by atoms with E-state index in [4.69, 9.17) is 4.74 Å². The van der Waals surface area contributed by atoms with Crippen molar-refractivity contribution >= 4 is 22.2 Å². The third-order valence-corrected chi connectivity index (χ3v) is 3.07. The highest BCUT2D eigenvalue weighted by Crippen LogP contribution is 2.32. The van der Waals surface area contributed by atoms with E-state index in [0.29, 0.717) is 17.9 Å². The van der Waals surface area contributed by atoms with Crippen LogP contribution in [0.25, 0.3) is 0 Å². The molecule has 0 bridgehead atoms. The molecule has 0 amide bonds. The van der Waals surface area contributed by atoms with E-state index in [1.54, 1.807) is 6.07 Å². The Morgan fingerprint density at radius 3 is 2.93 bits per heavy atom. The van der Waals surface area contributed by atoms with Gasteiger partial charge in [0.05, 0.1) is 12.2 Å². The minimum Gasteiger partial charge on any atom is -0.493 e. The Kier molecular flexibility index (Phi) is 3.41. The first kappa shape index (κ1) is 10.7. The molecule has 0 radical (unpaired) electrons. The normalized spacial score (nSPS) is 15.0. The molecule has 0 spiro atoms. The average Bonchev–Trinajstić information content (AvgIpc) is 3.04. The van der Waals surface area contributed by atoms with Gasteiger partial charge in [-0.25, -0.2) is 0 Å². The van der Waals surface area contributed by atoms with Gasteiger partial charge in [-0.2, -0.15) is 0 Å². The van der Waals surface area contributed by atoms with Crippen molar-refractivity contribution in [2.75, 3.05) is 6.61 Å². The van der Waals surface area contributed by atoms with Crippen molar-refractivity contribution in [2.24, 2.45) is 5.92 Å². The van der Waals surface area contributed by atoms with Crippen LogP contribution in [0.3, 0.4) is 0 Å².